The predicted octanol–water partition coefficient (Wildman–Crippen LogP) is 1.22. The first-order chi connectivity index (χ1) is 8.43. The van der Waals surface area contributed by atoms with E-state index in [2.05, 4.69) is 10.6 Å². The maximum atomic E-state index is 11.5. The molecule has 0 saturated carbocycles. The Balaban J connectivity index is 2.70. The number of halogens is 1. The fourth-order valence-electron chi connectivity index (χ4n) is 1.23. The first-order valence-electron chi connectivity index (χ1n) is 5.11. The van der Waals surface area contributed by atoms with Crippen molar-refractivity contribution in [2.24, 2.45) is 0 Å². The Bertz CT molecular complexity index is 464. The summed E-state index contributed by atoms with van der Waals surface area (Å²) >= 11 is 5.78. The zero-order chi connectivity index (χ0) is 13.7. The van der Waals surface area contributed by atoms with E-state index < -0.39 is 24.6 Å². The quantitative estimate of drug-likeness (QED) is 0.662. The number of aliphatic carboxylic acids is 1. The highest BCUT2D eigenvalue weighted by Gasteiger charge is 2.18. The molecule has 2 amide bonds. The molecule has 18 heavy (non-hydrogen) atoms. The molecular formula is C11H13ClN2O4. The molecule has 0 bridgehead atoms. The van der Waals surface area contributed by atoms with Crippen molar-refractivity contribution in [3.05, 3.63) is 28.8 Å². The summed E-state index contributed by atoms with van der Waals surface area (Å²) in [4.78, 5) is 22.1. The number of aryl methyl sites for hydroxylation is 1. The van der Waals surface area contributed by atoms with Gasteiger partial charge in [-0.1, -0.05) is 17.7 Å². The number of carbonyl (C=O) groups is 2. The van der Waals surface area contributed by atoms with Crippen LogP contribution in [0, 0.1) is 6.92 Å². The minimum absolute atomic E-state index is 0.452. The predicted molar refractivity (Wildman–Crippen MR) is 66.9 cm³/mol. The fourth-order valence-corrected chi connectivity index (χ4v) is 1.40. The summed E-state index contributed by atoms with van der Waals surface area (Å²) in [7, 11) is 0. The molecule has 0 heterocycles. The van der Waals surface area contributed by atoms with Crippen molar-refractivity contribution in [2.75, 3.05) is 11.9 Å². The van der Waals surface area contributed by atoms with Crippen LogP contribution in [0.1, 0.15) is 5.56 Å². The number of hydrogen-bond acceptors (Lipinski definition) is 3. The van der Waals surface area contributed by atoms with Gasteiger partial charge in [0.2, 0.25) is 0 Å². The number of carbonyl (C=O) groups excluding carboxylic acids is 1. The molecule has 0 aliphatic heterocycles. The number of amides is 2. The Morgan fingerprint density at radius 2 is 2.11 bits per heavy atom. The lowest BCUT2D eigenvalue weighted by Gasteiger charge is -2.14. The molecule has 6 nitrogen and oxygen atoms in total. The van der Waals surface area contributed by atoms with Crippen molar-refractivity contribution in [3.8, 4) is 0 Å². The molecule has 0 saturated heterocycles. The van der Waals surface area contributed by atoms with Crippen LogP contribution in [0.3, 0.4) is 0 Å². The largest absolute Gasteiger partial charge is 0.480 e. The third-order valence-corrected chi connectivity index (χ3v) is 2.47. The standard InChI is InChI=1S/C11H13ClN2O4/c1-6-2-3-7(12)4-8(6)13-11(18)14-9(5-15)10(16)17/h2-4,9,15H,5H2,1H3,(H,16,17)(H2,13,14,18)/t9-/m1/s1. The Kier molecular flexibility index (Phi) is 4.94. The first kappa shape index (κ1) is 14.3. The maximum absolute atomic E-state index is 11.5. The summed E-state index contributed by atoms with van der Waals surface area (Å²) in [5.74, 6) is -1.31. The van der Waals surface area contributed by atoms with E-state index in [9.17, 15) is 9.59 Å². The van der Waals surface area contributed by atoms with Crippen LogP contribution in [-0.4, -0.2) is 34.9 Å². The highest BCUT2D eigenvalue weighted by molar-refractivity contribution is 6.31. The average Bonchev–Trinajstić information content (AvgIpc) is 2.30. The van der Waals surface area contributed by atoms with Crippen LogP contribution in [0.4, 0.5) is 10.5 Å². The smallest absolute Gasteiger partial charge is 0.328 e. The number of rotatable bonds is 4. The van der Waals surface area contributed by atoms with E-state index in [1.807, 2.05) is 0 Å². The molecule has 1 aromatic carbocycles. The van der Waals surface area contributed by atoms with E-state index >= 15 is 0 Å². The summed E-state index contributed by atoms with van der Waals surface area (Å²) in [6, 6.07) is 2.88. The van der Waals surface area contributed by atoms with E-state index in [0.29, 0.717) is 10.7 Å². The first-order valence-corrected chi connectivity index (χ1v) is 5.49. The Hall–Kier alpha value is -1.79. The van der Waals surface area contributed by atoms with Gasteiger partial charge in [-0.2, -0.15) is 0 Å². The van der Waals surface area contributed by atoms with Crippen molar-refractivity contribution >= 4 is 29.3 Å². The molecule has 1 atom stereocenters. The van der Waals surface area contributed by atoms with Gasteiger partial charge in [0, 0.05) is 10.7 Å². The summed E-state index contributed by atoms with van der Waals surface area (Å²) in [5, 5.41) is 22.5. The van der Waals surface area contributed by atoms with Gasteiger partial charge in [0.05, 0.1) is 6.61 Å². The van der Waals surface area contributed by atoms with Gasteiger partial charge < -0.3 is 20.8 Å². The van der Waals surface area contributed by atoms with Crippen molar-refractivity contribution < 1.29 is 19.8 Å². The molecule has 1 aromatic rings. The Morgan fingerprint density at radius 1 is 1.44 bits per heavy atom. The van der Waals surface area contributed by atoms with Crippen molar-refractivity contribution in [2.45, 2.75) is 13.0 Å². The number of urea groups is 1. The number of benzene rings is 1. The minimum Gasteiger partial charge on any atom is -0.480 e. The zero-order valence-corrected chi connectivity index (χ0v) is 10.4. The Labute approximate surface area is 109 Å². The van der Waals surface area contributed by atoms with Gasteiger partial charge in [-0.05, 0) is 24.6 Å². The number of carboxylic acid groups (broad SMARTS) is 1. The van der Waals surface area contributed by atoms with Crippen molar-refractivity contribution in [3.63, 3.8) is 0 Å². The van der Waals surface area contributed by atoms with Crippen LogP contribution in [0.5, 0.6) is 0 Å². The average molecular weight is 273 g/mol. The van der Waals surface area contributed by atoms with Crippen LogP contribution in [0.25, 0.3) is 0 Å². The molecule has 0 spiro atoms. The van der Waals surface area contributed by atoms with E-state index in [-0.39, 0.29) is 0 Å². The number of anilines is 1. The molecule has 0 unspecified atom stereocenters. The highest BCUT2D eigenvalue weighted by Crippen LogP contribution is 2.19. The topological polar surface area (TPSA) is 98.7 Å². The summed E-state index contributed by atoms with van der Waals surface area (Å²) < 4.78 is 0. The van der Waals surface area contributed by atoms with Crippen LogP contribution in [-0.2, 0) is 4.79 Å². The fraction of sp³-hybridized carbons (Fsp3) is 0.273. The van der Waals surface area contributed by atoms with E-state index in [4.69, 9.17) is 21.8 Å². The SMILES string of the molecule is Cc1ccc(Cl)cc1NC(=O)N[C@H](CO)C(=O)O. The lowest BCUT2D eigenvalue weighted by atomic mass is 10.2. The molecular weight excluding hydrogens is 260 g/mol. The van der Waals surface area contributed by atoms with E-state index in [0.717, 1.165) is 5.56 Å². The molecule has 0 aliphatic carbocycles. The summed E-state index contributed by atoms with van der Waals surface area (Å²) in [6.07, 6.45) is 0. The zero-order valence-electron chi connectivity index (χ0n) is 9.61. The number of hydrogen-bond donors (Lipinski definition) is 4. The molecule has 0 aliphatic rings. The summed E-state index contributed by atoms with van der Waals surface area (Å²) in [6.45, 7) is 1.09. The van der Waals surface area contributed by atoms with Crippen LogP contribution in [0.15, 0.2) is 18.2 Å². The third-order valence-electron chi connectivity index (χ3n) is 2.23. The van der Waals surface area contributed by atoms with Crippen LogP contribution >= 0.6 is 11.6 Å². The molecule has 0 fully saturated rings. The second kappa shape index (κ2) is 6.23. The minimum atomic E-state index is -1.34. The third kappa shape index (κ3) is 3.90. The normalized spacial score (nSPS) is 11.7. The van der Waals surface area contributed by atoms with Gasteiger partial charge in [-0.3, -0.25) is 0 Å². The monoisotopic (exact) mass is 272 g/mol. The van der Waals surface area contributed by atoms with Crippen LogP contribution < -0.4 is 10.6 Å². The number of nitrogens with one attached hydrogen (secondary N) is 2. The second-order valence-corrected chi connectivity index (χ2v) is 4.07. The number of aliphatic hydroxyl groups is 1. The maximum Gasteiger partial charge on any atom is 0.328 e. The summed E-state index contributed by atoms with van der Waals surface area (Å²) in [5.41, 5.74) is 1.26. The highest BCUT2D eigenvalue weighted by atomic mass is 35.5. The number of carboxylic acids is 1. The van der Waals surface area contributed by atoms with E-state index in [1.54, 1.807) is 25.1 Å². The van der Waals surface area contributed by atoms with Crippen molar-refractivity contribution in [1.82, 2.24) is 5.32 Å². The van der Waals surface area contributed by atoms with Gasteiger partial charge >= 0.3 is 12.0 Å². The second-order valence-electron chi connectivity index (χ2n) is 3.63. The lowest BCUT2D eigenvalue weighted by molar-refractivity contribution is -0.140. The van der Waals surface area contributed by atoms with Crippen LogP contribution in [0.2, 0.25) is 5.02 Å². The molecule has 98 valence electrons. The molecule has 7 heteroatoms. The van der Waals surface area contributed by atoms with Crippen molar-refractivity contribution in [1.29, 1.82) is 0 Å². The molecule has 0 radical (unpaired) electrons. The van der Waals surface area contributed by atoms with Gasteiger partial charge in [0.25, 0.3) is 0 Å². The van der Waals surface area contributed by atoms with Gasteiger partial charge in [0.15, 0.2) is 6.04 Å². The van der Waals surface area contributed by atoms with Gasteiger partial charge in [0.1, 0.15) is 0 Å². The Morgan fingerprint density at radius 3 is 2.67 bits per heavy atom. The van der Waals surface area contributed by atoms with E-state index in [1.165, 1.54) is 0 Å². The van der Waals surface area contributed by atoms with Gasteiger partial charge in [-0.25, -0.2) is 9.59 Å². The molecule has 0 aromatic heterocycles. The molecule has 4 N–H and O–H groups in total. The number of aliphatic hydroxyl groups excluding tert-OH is 1. The van der Waals surface area contributed by atoms with Gasteiger partial charge in [-0.15, -0.1) is 0 Å². The molecule has 1 rings (SSSR count). The lowest BCUT2D eigenvalue weighted by Crippen LogP contribution is -2.45.